The highest BCUT2D eigenvalue weighted by Crippen LogP contribution is 2.18. The normalized spacial score (nSPS) is 10.6. The molecule has 0 aromatic heterocycles. The molecule has 1 heteroatoms. The van der Waals surface area contributed by atoms with E-state index in [-0.39, 0.29) is 0 Å². The number of rotatable bonds is 3. The third kappa shape index (κ3) is 2.92. The van der Waals surface area contributed by atoms with Gasteiger partial charge in [0.05, 0.1) is 0 Å². The molecule has 0 aliphatic carbocycles. The van der Waals surface area contributed by atoms with Gasteiger partial charge in [0.1, 0.15) is 0 Å². The molecule has 2 rings (SSSR count). The number of nitrogens with two attached hydrogens (primary N) is 1. The fraction of sp³-hybridized carbons (Fsp3) is 0.294. The summed E-state index contributed by atoms with van der Waals surface area (Å²) < 4.78 is 0. The second kappa shape index (κ2) is 5.26. The number of hydrogen-bond acceptors (Lipinski definition) is 1. The van der Waals surface area contributed by atoms with Crippen molar-refractivity contribution >= 4 is 5.69 Å². The molecular weight excluding hydrogens is 218 g/mol. The molecule has 0 heterocycles. The Balaban J connectivity index is 2.16. The van der Waals surface area contributed by atoms with E-state index in [4.69, 9.17) is 5.73 Å². The molecule has 0 amide bonds. The van der Waals surface area contributed by atoms with Gasteiger partial charge in [0, 0.05) is 5.69 Å². The summed E-state index contributed by atoms with van der Waals surface area (Å²) in [6.07, 6.45) is 2.14. The Morgan fingerprint density at radius 2 is 1.56 bits per heavy atom. The van der Waals surface area contributed by atoms with Gasteiger partial charge in [0.2, 0.25) is 0 Å². The van der Waals surface area contributed by atoms with Crippen LogP contribution in [0.2, 0.25) is 0 Å². The average Bonchev–Trinajstić information content (AvgIpc) is 2.27. The number of benzene rings is 2. The minimum absolute atomic E-state index is 0.867. The summed E-state index contributed by atoms with van der Waals surface area (Å²) in [5.41, 5.74) is 13.6. The zero-order valence-corrected chi connectivity index (χ0v) is 11.5. The second-order valence-electron chi connectivity index (χ2n) is 5.12. The van der Waals surface area contributed by atoms with Crippen molar-refractivity contribution in [1.29, 1.82) is 0 Å². The first-order chi connectivity index (χ1) is 8.56. The van der Waals surface area contributed by atoms with Crippen molar-refractivity contribution in [3.8, 4) is 0 Å². The predicted octanol–water partition coefficient (Wildman–Crippen LogP) is 3.98. The molecule has 2 aromatic carbocycles. The molecule has 0 saturated heterocycles. The molecule has 0 aliphatic rings. The van der Waals surface area contributed by atoms with Crippen LogP contribution in [-0.4, -0.2) is 0 Å². The molecule has 1 nitrogen and oxygen atoms in total. The quantitative estimate of drug-likeness (QED) is 0.806. The summed E-state index contributed by atoms with van der Waals surface area (Å²) in [6, 6.07) is 12.8. The molecule has 18 heavy (non-hydrogen) atoms. The Labute approximate surface area is 110 Å². The van der Waals surface area contributed by atoms with E-state index in [1.807, 2.05) is 6.07 Å². The van der Waals surface area contributed by atoms with Crippen LogP contribution in [-0.2, 0) is 12.8 Å². The predicted molar refractivity (Wildman–Crippen MR) is 78.9 cm³/mol. The van der Waals surface area contributed by atoms with E-state index in [9.17, 15) is 0 Å². The monoisotopic (exact) mass is 239 g/mol. The highest BCUT2D eigenvalue weighted by molar-refractivity contribution is 5.45. The fourth-order valence-electron chi connectivity index (χ4n) is 2.55. The molecular formula is C17H21N. The molecule has 0 unspecified atom stereocenters. The summed E-state index contributed by atoms with van der Waals surface area (Å²) in [5, 5.41) is 0. The largest absolute Gasteiger partial charge is 0.399 e. The van der Waals surface area contributed by atoms with Crippen molar-refractivity contribution in [2.75, 3.05) is 5.73 Å². The molecule has 0 radical (unpaired) electrons. The van der Waals surface area contributed by atoms with Gasteiger partial charge in [0.25, 0.3) is 0 Å². The van der Waals surface area contributed by atoms with Crippen LogP contribution in [0, 0.1) is 20.8 Å². The maximum atomic E-state index is 5.89. The van der Waals surface area contributed by atoms with Gasteiger partial charge < -0.3 is 5.73 Å². The Morgan fingerprint density at radius 1 is 0.889 bits per heavy atom. The maximum Gasteiger partial charge on any atom is 0.0319 e. The van der Waals surface area contributed by atoms with Crippen molar-refractivity contribution in [2.45, 2.75) is 33.6 Å². The summed E-state index contributed by atoms with van der Waals surface area (Å²) in [7, 11) is 0. The van der Waals surface area contributed by atoms with Gasteiger partial charge in [-0.25, -0.2) is 0 Å². The number of anilines is 1. The van der Waals surface area contributed by atoms with Crippen molar-refractivity contribution in [3.63, 3.8) is 0 Å². The maximum absolute atomic E-state index is 5.89. The standard InChI is InChI=1S/C17H21N/c1-12-9-15(11-16(18)10-12)7-8-17-13(2)5-4-6-14(17)3/h4-6,9-11H,7-8,18H2,1-3H3. The van der Waals surface area contributed by atoms with Gasteiger partial charge in [-0.1, -0.05) is 24.3 Å². The third-order valence-electron chi connectivity index (χ3n) is 3.47. The number of aryl methyl sites for hydroxylation is 4. The van der Waals surface area contributed by atoms with Gasteiger partial charge in [-0.3, -0.25) is 0 Å². The van der Waals surface area contributed by atoms with E-state index < -0.39 is 0 Å². The summed E-state index contributed by atoms with van der Waals surface area (Å²) in [6.45, 7) is 6.47. The topological polar surface area (TPSA) is 26.0 Å². The lowest BCUT2D eigenvalue weighted by molar-refractivity contribution is 0.936. The Kier molecular flexibility index (Phi) is 3.71. The first-order valence-electron chi connectivity index (χ1n) is 6.47. The fourth-order valence-corrected chi connectivity index (χ4v) is 2.55. The Morgan fingerprint density at radius 3 is 2.17 bits per heavy atom. The van der Waals surface area contributed by atoms with Crippen LogP contribution >= 0.6 is 0 Å². The van der Waals surface area contributed by atoms with Crippen LogP contribution in [0.15, 0.2) is 36.4 Å². The van der Waals surface area contributed by atoms with E-state index in [1.165, 1.54) is 27.8 Å². The van der Waals surface area contributed by atoms with E-state index in [2.05, 4.69) is 51.1 Å². The van der Waals surface area contributed by atoms with Gasteiger partial charge in [-0.2, -0.15) is 0 Å². The number of nitrogen functional groups attached to an aromatic ring is 1. The molecule has 0 fully saturated rings. The van der Waals surface area contributed by atoms with Crippen molar-refractivity contribution in [1.82, 2.24) is 0 Å². The lowest BCUT2D eigenvalue weighted by atomic mass is 9.96. The first-order valence-corrected chi connectivity index (χ1v) is 6.47. The molecule has 0 aliphatic heterocycles. The summed E-state index contributed by atoms with van der Waals surface area (Å²) in [5.74, 6) is 0. The lowest BCUT2D eigenvalue weighted by Gasteiger charge is -2.10. The molecule has 94 valence electrons. The van der Waals surface area contributed by atoms with E-state index in [0.29, 0.717) is 0 Å². The van der Waals surface area contributed by atoms with E-state index in [0.717, 1.165) is 18.5 Å². The molecule has 2 N–H and O–H groups in total. The molecule has 0 atom stereocenters. The van der Waals surface area contributed by atoms with Crippen LogP contribution in [0.3, 0.4) is 0 Å². The SMILES string of the molecule is Cc1cc(N)cc(CCc2c(C)cccc2C)c1. The summed E-state index contributed by atoms with van der Waals surface area (Å²) in [4.78, 5) is 0. The van der Waals surface area contributed by atoms with Crippen LogP contribution in [0.4, 0.5) is 5.69 Å². The van der Waals surface area contributed by atoms with Crippen LogP contribution in [0.1, 0.15) is 27.8 Å². The Hall–Kier alpha value is -1.76. The molecule has 2 aromatic rings. The highest BCUT2D eigenvalue weighted by atomic mass is 14.5. The van der Waals surface area contributed by atoms with Crippen molar-refractivity contribution in [2.24, 2.45) is 0 Å². The minimum atomic E-state index is 0.867. The lowest BCUT2D eigenvalue weighted by Crippen LogP contribution is -1.98. The third-order valence-corrected chi connectivity index (χ3v) is 3.47. The minimum Gasteiger partial charge on any atom is -0.399 e. The van der Waals surface area contributed by atoms with Crippen molar-refractivity contribution in [3.05, 3.63) is 64.2 Å². The Bertz CT molecular complexity index is 515. The van der Waals surface area contributed by atoms with Gasteiger partial charge >= 0.3 is 0 Å². The van der Waals surface area contributed by atoms with Gasteiger partial charge in [0.15, 0.2) is 0 Å². The van der Waals surface area contributed by atoms with Crippen LogP contribution in [0.25, 0.3) is 0 Å². The van der Waals surface area contributed by atoms with Crippen LogP contribution < -0.4 is 5.73 Å². The van der Waals surface area contributed by atoms with Crippen molar-refractivity contribution < 1.29 is 0 Å². The summed E-state index contributed by atoms with van der Waals surface area (Å²) >= 11 is 0. The highest BCUT2D eigenvalue weighted by Gasteiger charge is 2.03. The molecule has 0 saturated carbocycles. The van der Waals surface area contributed by atoms with Gasteiger partial charge in [-0.15, -0.1) is 0 Å². The zero-order valence-electron chi connectivity index (χ0n) is 11.5. The molecule has 0 spiro atoms. The van der Waals surface area contributed by atoms with E-state index in [1.54, 1.807) is 0 Å². The smallest absolute Gasteiger partial charge is 0.0319 e. The molecule has 0 bridgehead atoms. The number of hydrogen-bond donors (Lipinski definition) is 1. The second-order valence-corrected chi connectivity index (χ2v) is 5.12. The van der Waals surface area contributed by atoms with Gasteiger partial charge in [-0.05, 0) is 73.6 Å². The van der Waals surface area contributed by atoms with E-state index >= 15 is 0 Å². The average molecular weight is 239 g/mol. The zero-order chi connectivity index (χ0) is 13.1. The first kappa shape index (κ1) is 12.7. The van der Waals surface area contributed by atoms with Crippen LogP contribution in [0.5, 0.6) is 0 Å².